The fraction of sp³-hybridized carbons (Fsp3) is 0.591. The molecule has 0 spiro atoms. The van der Waals surface area contributed by atoms with E-state index in [1.807, 2.05) is 44.2 Å². The highest BCUT2D eigenvalue weighted by atomic mass is 16.7. The highest BCUT2D eigenvalue weighted by Gasteiger charge is 2.57. The van der Waals surface area contributed by atoms with Crippen LogP contribution in [0.15, 0.2) is 42.5 Å². The molecule has 7 atom stereocenters. The molecule has 3 aliphatic heterocycles. The zero-order chi connectivity index (χ0) is 20.6. The van der Waals surface area contributed by atoms with Gasteiger partial charge < -0.3 is 28.8 Å². The predicted octanol–water partition coefficient (Wildman–Crippen LogP) is 2.29. The molecule has 4 rings (SSSR count). The molecule has 0 aliphatic carbocycles. The number of carbonyl (C=O) groups is 1. The largest absolute Gasteiger partial charge is 0.466 e. The third kappa shape index (κ3) is 4.25. The standard InChI is InChI=1S/C22H28O7/c1-21(10-9-19(24)25-3)18(29-21)12-22(2)17(23)11-15-16(28-22)13-26-20(27-15)14-7-5-4-6-8-14/h4-10,15-18,20,23H,11-13H2,1-3H3/b10-9+/t15-,16+,17+,18+,20?,21+,22-/m0/s1. The molecular weight excluding hydrogens is 376 g/mol. The molecule has 1 N–H and O–H groups in total. The molecule has 1 unspecified atom stereocenters. The fourth-order valence-corrected chi connectivity index (χ4v) is 4.09. The fourth-order valence-electron chi connectivity index (χ4n) is 4.09. The molecule has 0 radical (unpaired) electrons. The van der Waals surface area contributed by atoms with Crippen molar-refractivity contribution < 1.29 is 33.6 Å². The number of carbonyl (C=O) groups excluding carboxylic acids is 1. The van der Waals surface area contributed by atoms with E-state index in [4.69, 9.17) is 18.9 Å². The summed E-state index contributed by atoms with van der Waals surface area (Å²) in [6, 6.07) is 9.75. The molecule has 3 aliphatic rings. The molecule has 3 saturated heterocycles. The van der Waals surface area contributed by atoms with E-state index < -0.39 is 29.6 Å². The number of methoxy groups -OCH3 is 1. The number of hydrogen-bond donors (Lipinski definition) is 1. The van der Waals surface area contributed by atoms with Crippen molar-refractivity contribution in [1.82, 2.24) is 0 Å². The second-order valence-corrected chi connectivity index (χ2v) is 8.32. The van der Waals surface area contributed by atoms with Gasteiger partial charge in [0.2, 0.25) is 0 Å². The van der Waals surface area contributed by atoms with Crippen molar-refractivity contribution in [2.24, 2.45) is 0 Å². The van der Waals surface area contributed by atoms with Gasteiger partial charge in [-0.15, -0.1) is 0 Å². The number of epoxide rings is 1. The van der Waals surface area contributed by atoms with E-state index in [0.29, 0.717) is 19.4 Å². The average Bonchev–Trinajstić information content (AvgIpc) is 3.36. The first-order valence-electron chi connectivity index (χ1n) is 9.96. The van der Waals surface area contributed by atoms with Crippen LogP contribution in [0.4, 0.5) is 0 Å². The van der Waals surface area contributed by atoms with Crippen LogP contribution in [-0.4, -0.2) is 60.4 Å². The maximum atomic E-state index is 11.3. The molecular formula is C22H28O7. The van der Waals surface area contributed by atoms with E-state index in [9.17, 15) is 9.90 Å². The quantitative estimate of drug-likeness (QED) is 0.458. The maximum absolute atomic E-state index is 11.3. The van der Waals surface area contributed by atoms with Gasteiger partial charge in [-0.3, -0.25) is 0 Å². The predicted molar refractivity (Wildman–Crippen MR) is 103 cm³/mol. The third-order valence-electron chi connectivity index (χ3n) is 6.10. The van der Waals surface area contributed by atoms with Gasteiger partial charge in [-0.05, 0) is 19.9 Å². The van der Waals surface area contributed by atoms with Crippen LogP contribution in [-0.2, 0) is 28.5 Å². The molecule has 0 amide bonds. The Morgan fingerprint density at radius 2 is 2.00 bits per heavy atom. The van der Waals surface area contributed by atoms with Crippen LogP contribution in [0, 0.1) is 0 Å². The van der Waals surface area contributed by atoms with E-state index in [1.54, 1.807) is 6.08 Å². The van der Waals surface area contributed by atoms with Crippen LogP contribution in [0.5, 0.6) is 0 Å². The zero-order valence-corrected chi connectivity index (χ0v) is 16.9. The summed E-state index contributed by atoms with van der Waals surface area (Å²) in [5.41, 5.74) is -0.391. The van der Waals surface area contributed by atoms with Gasteiger partial charge in [0.1, 0.15) is 11.7 Å². The summed E-state index contributed by atoms with van der Waals surface area (Å²) in [5, 5.41) is 10.8. The molecule has 158 valence electrons. The van der Waals surface area contributed by atoms with Crippen LogP contribution in [0.3, 0.4) is 0 Å². The van der Waals surface area contributed by atoms with Crippen molar-refractivity contribution in [2.45, 2.75) is 68.6 Å². The van der Waals surface area contributed by atoms with Crippen LogP contribution in [0.1, 0.15) is 38.5 Å². The Labute approximate surface area is 170 Å². The number of esters is 1. The topological polar surface area (TPSA) is 86.8 Å². The Hall–Kier alpha value is -1.77. The van der Waals surface area contributed by atoms with Gasteiger partial charge in [0.05, 0.1) is 37.6 Å². The number of aliphatic hydroxyl groups is 1. The highest BCUT2D eigenvalue weighted by Crippen LogP contribution is 2.47. The van der Waals surface area contributed by atoms with Crippen molar-refractivity contribution in [2.75, 3.05) is 13.7 Å². The molecule has 1 aromatic rings. The molecule has 0 bridgehead atoms. The maximum Gasteiger partial charge on any atom is 0.330 e. The van der Waals surface area contributed by atoms with Gasteiger partial charge in [-0.1, -0.05) is 30.3 Å². The smallest absolute Gasteiger partial charge is 0.330 e. The monoisotopic (exact) mass is 404 g/mol. The lowest BCUT2D eigenvalue weighted by Crippen LogP contribution is -2.59. The second kappa shape index (κ2) is 7.81. The minimum absolute atomic E-state index is 0.151. The lowest BCUT2D eigenvalue weighted by atomic mass is 9.83. The Morgan fingerprint density at radius 1 is 1.24 bits per heavy atom. The van der Waals surface area contributed by atoms with Crippen molar-refractivity contribution in [3.8, 4) is 0 Å². The van der Waals surface area contributed by atoms with Gasteiger partial charge in [0, 0.05) is 24.5 Å². The summed E-state index contributed by atoms with van der Waals surface area (Å²) in [6.45, 7) is 4.19. The highest BCUT2D eigenvalue weighted by molar-refractivity contribution is 5.82. The summed E-state index contributed by atoms with van der Waals surface area (Å²) in [4.78, 5) is 11.3. The lowest BCUT2D eigenvalue weighted by Gasteiger charge is -2.49. The SMILES string of the molecule is COC(=O)/C=C/[C@@]1(C)O[C@@H]1C[C@]1(C)O[C@@H]2COC(c3ccccc3)O[C@H]2C[C@H]1O. The summed E-state index contributed by atoms with van der Waals surface area (Å²) in [5.74, 6) is -0.423. The molecule has 3 fully saturated rings. The van der Waals surface area contributed by atoms with Crippen molar-refractivity contribution in [1.29, 1.82) is 0 Å². The number of benzene rings is 1. The van der Waals surface area contributed by atoms with Crippen LogP contribution in [0.2, 0.25) is 0 Å². The Morgan fingerprint density at radius 3 is 2.72 bits per heavy atom. The van der Waals surface area contributed by atoms with Crippen molar-refractivity contribution in [3.63, 3.8) is 0 Å². The summed E-state index contributed by atoms with van der Waals surface area (Å²) >= 11 is 0. The van der Waals surface area contributed by atoms with Gasteiger partial charge in [0.25, 0.3) is 0 Å². The minimum atomic E-state index is -0.783. The first-order chi connectivity index (χ1) is 13.8. The van der Waals surface area contributed by atoms with E-state index in [1.165, 1.54) is 13.2 Å². The number of fused-ring (bicyclic) bond motifs is 1. The summed E-state index contributed by atoms with van der Waals surface area (Å²) < 4.78 is 28.6. The van der Waals surface area contributed by atoms with Gasteiger partial charge in [-0.25, -0.2) is 4.79 Å². The minimum Gasteiger partial charge on any atom is -0.466 e. The van der Waals surface area contributed by atoms with Gasteiger partial charge in [0.15, 0.2) is 6.29 Å². The number of aliphatic hydroxyl groups excluding tert-OH is 1. The van der Waals surface area contributed by atoms with Gasteiger partial charge >= 0.3 is 5.97 Å². The zero-order valence-electron chi connectivity index (χ0n) is 16.9. The summed E-state index contributed by atoms with van der Waals surface area (Å²) in [6.07, 6.45) is 2.25. The van der Waals surface area contributed by atoms with Crippen molar-refractivity contribution in [3.05, 3.63) is 48.0 Å². The van der Waals surface area contributed by atoms with Crippen LogP contribution in [0.25, 0.3) is 0 Å². The Kier molecular flexibility index (Phi) is 5.52. The van der Waals surface area contributed by atoms with E-state index >= 15 is 0 Å². The van der Waals surface area contributed by atoms with Crippen LogP contribution >= 0.6 is 0 Å². The summed E-state index contributed by atoms with van der Waals surface area (Å²) in [7, 11) is 1.33. The third-order valence-corrected chi connectivity index (χ3v) is 6.10. The van der Waals surface area contributed by atoms with Crippen molar-refractivity contribution >= 4 is 5.97 Å². The normalized spacial score (nSPS) is 41.7. The molecule has 1 aromatic carbocycles. The van der Waals surface area contributed by atoms with E-state index in [-0.39, 0.29) is 18.3 Å². The van der Waals surface area contributed by atoms with Gasteiger partial charge in [-0.2, -0.15) is 0 Å². The number of rotatable bonds is 5. The molecule has 0 saturated carbocycles. The second-order valence-electron chi connectivity index (χ2n) is 8.32. The Bertz CT molecular complexity index is 766. The van der Waals surface area contributed by atoms with E-state index in [0.717, 1.165) is 5.56 Å². The first-order valence-corrected chi connectivity index (χ1v) is 9.96. The lowest BCUT2D eigenvalue weighted by molar-refractivity contribution is -0.321. The van der Waals surface area contributed by atoms with E-state index in [2.05, 4.69) is 4.74 Å². The molecule has 3 heterocycles. The molecule has 0 aromatic heterocycles. The molecule has 7 nitrogen and oxygen atoms in total. The van der Waals surface area contributed by atoms with Crippen LogP contribution < -0.4 is 0 Å². The molecule has 7 heteroatoms. The number of ether oxygens (including phenoxy) is 5. The average molecular weight is 404 g/mol. The first kappa shape index (κ1) is 20.5. The molecule has 29 heavy (non-hydrogen) atoms. The number of hydrogen-bond acceptors (Lipinski definition) is 7. The Balaban J connectivity index is 1.37.